The average Bonchev–Trinajstić information content (AvgIpc) is 3.29. The lowest BCUT2D eigenvalue weighted by molar-refractivity contribution is -0.135. The summed E-state index contributed by atoms with van der Waals surface area (Å²) in [4.78, 5) is 17.7. The molecule has 4 aliphatic rings. The van der Waals surface area contributed by atoms with Crippen LogP contribution in [-0.4, -0.2) is 61.0 Å². The highest BCUT2D eigenvalue weighted by molar-refractivity contribution is 5.82. The van der Waals surface area contributed by atoms with Gasteiger partial charge < -0.3 is 15.1 Å². The number of piperidine rings is 3. The molecule has 4 fully saturated rings. The molecule has 0 aromatic rings. The van der Waals surface area contributed by atoms with E-state index in [2.05, 4.69) is 15.1 Å². The predicted molar refractivity (Wildman–Crippen MR) is 87.7 cm³/mol. The third kappa shape index (κ3) is 2.80. The van der Waals surface area contributed by atoms with E-state index in [9.17, 15) is 4.79 Å². The Kier molecular flexibility index (Phi) is 4.16. The number of hydrogen-bond acceptors (Lipinski definition) is 3. The summed E-state index contributed by atoms with van der Waals surface area (Å²) in [6.07, 6.45) is 10.2. The Labute approximate surface area is 134 Å². The number of rotatable bonds is 2. The van der Waals surface area contributed by atoms with Gasteiger partial charge in [0.05, 0.1) is 0 Å². The van der Waals surface area contributed by atoms with Crippen molar-refractivity contribution in [1.82, 2.24) is 15.1 Å². The molecule has 4 heteroatoms. The molecule has 1 spiro atoms. The summed E-state index contributed by atoms with van der Waals surface area (Å²) < 4.78 is 0. The summed E-state index contributed by atoms with van der Waals surface area (Å²) in [6.45, 7) is 6.81. The van der Waals surface area contributed by atoms with Crippen LogP contribution in [0.5, 0.6) is 0 Å². The number of nitrogens with zero attached hydrogens (tertiary/aromatic N) is 2. The first-order valence-electron chi connectivity index (χ1n) is 9.52. The zero-order chi connectivity index (χ0) is 15.0. The van der Waals surface area contributed by atoms with Crippen molar-refractivity contribution in [3.63, 3.8) is 0 Å². The van der Waals surface area contributed by atoms with Crippen LogP contribution in [0.15, 0.2) is 0 Å². The number of carbonyl (C=O) groups excluding carboxylic acids is 1. The zero-order valence-electron chi connectivity index (χ0n) is 13.9. The highest BCUT2D eigenvalue weighted by atomic mass is 16.2. The maximum absolute atomic E-state index is 12.8. The number of hydrogen-bond donors (Lipinski definition) is 1. The summed E-state index contributed by atoms with van der Waals surface area (Å²) in [6, 6.07) is 0.747. The Morgan fingerprint density at radius 3 is 2.32 bits per heavy atom. The van der Waals surface area contributed by atoms with Gasteiger partial charge >= 0.3 is 0 Å². The molecular weight excluding hydrogens is 274 g/mol. The number of nitrogens with one attached hydrogen (secondary N) is 1. The first kappa shape index (κ1) is 14.9. The molecule has 4 nitrogen and oxygen atoms in total. The molecule has 1 amide bonds. The Balaban J connectivity index is 1.27. The summed E-state index contributed by atoms with van der Waals surface area (Å²) >= 11 is 0. The van der Waals surface area contributed by atoms with Gasteiger partial charge in [0.15, 0.2) is 0 Å². The predicted octanol–water partition coefficient (Wildman–Crippen LogP) is 1.85. The molecule has 124 valence electrons. The topological polar surface area (TPSA) is 35.6 Å². The molecule has 3 heterocycles. The normalized spacial score (nSPS) is 33.1. The summed E-state index contributed by atoms with van der Waals surface area (Å²) in [5, 5.41) is 3.43. The van der Waals surface area contributed by atoms with E-state index in [1.54, 1.807) is 0 Å². The number of likely N-dealkylation sites (tertiary alicyclic amines) is 2. The molecule has 3 saturated heterocycles. The molecule has 1 atom stereocenters. The summed E-state index contributed by atoms with van der Waals surface area (Å²) in [5.74, 6) is 0.847. The molecule has 4 rings (SSSR count). The van der Waals surface area contributed by atoms with E-state index >= 15 is 0 Å². The minimum absolute atomic E-state index is 0.362. The van der Waals surface area contributed by atoms with Gasteiger partial charge in [-0.05, 0) is 76.5 Å². The first-order chi connectivity index (χ1) is 10.8. The van der Waals surface area contributed by atoms with Gasteiger partial charge in [-0.25, -0.2) is 0 Å². The van der Waals surface area contributed by atoms with E-state index in [-0.39, 0.29) is 0 Å². The van der Waals surface area contributed by atoms with Crippen LogP contribution in [0.3, 0.4) is 0 Å². The smallest absolute Gasteiger partial charge is 0.226 e. The summed E-state index contributed by atoms with van der Waals surface area (Å²) in [5.41, 5.74) is 0.395. The van der Waals surface area contributed by atoms with Gasteiger partial charge in [-0.3, -0.25) is 4.79 Å². The van der Waals surface area contributed by atoms with E-state index in [0.717, 1.165) is 32.2 Å². The van der Waals surface area contributed by atoms with E-state index in [4.69, 9.17) is 0 Å². The molecule has 3 aliphatic heterocycles. The number of carbonyl (C=O) groups is 1. The second-order valence-corrected chi connectivity index (χ2v) is 8.02. The lowest BCUT2D eigenvalue weighted by Crippen LogP contribution is -2.49. The third-order valence-corrected chi connectivity index (χ3v) is 6.77. The second kappa shape index (κ2) is 6.12. The van der Waals surface area contributed by atoms with Gasteiger partial charge in [-0.15, -0.1) is 0 Å². The molecule has 0 aromatic carbocycles. The largest absolute Gasteiger partial charge is 0.342 e. The van der Waals surface area contributed by atoms with Crippen LogP contribution in [0.2, 0.25) is 0 Å². The van der Waals surface area contributed by atoms with Crippen LogP contribution in [0.4, 0.5) is 0 Å². The minimum atomic E-state index is 0.362. The van der Waals surface area contributed by atoms with Crippen molar-refractivity contribution >= 4 is 5.91 Å². The Hall–Kier alpha value is -0.610. The van der Waals surface area contributed by atoms with Crippen LogP contribution >= 0.6 is 0 Å². The van der Waals surface area contributed by atoms with Gasteiger partial charge in [0.2, 0.25) is 5.91 Å². The van der Waals surface area contributed by atoms with Gasteiger partial charge in [0.25, 0.3) is 0 Å². The molecule has 22 heavy (non-hydrogen) atoms. The van der Waals surface area contributed by atoms with Crippen LogP contribution in [-0.2, 0) is 4.79 Å². The Morgan fingerprint density at radius 1 is 0.955 bits per heavy atom. The van der Waals surface area contributed by atoms with Crippen LogP contribution in [0.25, 0.3) is 0 Å². The Morgan fingerprint density at radius 2 is 1.64 bits per heavy atom. The quantitative estimate of drug-likeness (QED) is 0.846. The fourth-order valence-corrected chi connectivity index (χ4v) is 5.13. The number of amides is 1. The molecule has 0 radical (unpaired) electrons. The molecule has 1 aliphatic carbocycles. The second-order valence-electron chi connectivity index (χ2n) is 8.02. The maximum Gasteiger partial charge on any atom is 0.226 e. The zero-order valence-corrected chi connectivity index (χ0v) is 13.9. The van der Waals surface area contributed by atoms with Gasteiger partial charge in [-0.1, -0.05) is 6.42 Å². The van der Waals surface area contributed by atoms with Crippen LogP contribution in [0.1, 0.15) is 51.4 Å². The first-order valence-corrected chi connectivity index (χ1v) is 9.52. The lowest BCUT2D eigenvalue weighted by atomic mass is 9.91. The van der Waals surface area contributed by atoms with Crippen molar-refractivity contribution in [2.75, 3.05) is 39.3 Å². The summed E-state index contributed by atoms with van der Waals surface area (Å²) in [7, 11) is 0. The monoisotopic (exact) mass is 305 g/mol. The van der Waals surface area contributed by atoms with Crippen molar-refractivity contribution in [2.45, 2.75) is 57.4 Å². The molecule has 1 N–H and O–H groups in total. The highest BCUT2D eigenvalue weighted by Gasteiger charge is 2.58. The SMILES string of the molecule is O=C(C1CC12CCNCC2)N1CCC(N2CCCCC2)CC1. The van der Waals surface area contributed by atoms with Gasteiger partial charge in [0.1, 0.15) is 0 Å². The van der Waals surface area contributed by atoms with E-state index in [1.165, 1.54) is 64.5 Å². The molecule has 1 unspecified atom stereocenters. The van der Waals surface area contributed by atoms with Crippen molar-refractivity contribution in [2.24, 2.45) is 11.3 Å². The van der Waals surface area contributed by atoms with E-state index < -0.39 is 0 Å². The highest BCUT2D eigenvalue weighted by Crippen LogP contribution is 2.59. The van der Waals surface area contributed by atoms with Crippen molar-refractivity contribution in [3.8, 4) is 0 Å². The van der Waals surface area contributed by atoms with E-state index in [0.29, 0.717) is 17.2 Å². The molecule has 0 bridgehead atoms. The average molecular weight is 305 g/mol. The fraction of sp³-hybridized carbons (Fsp3) is 0.944. The van der Waals surface area contributed by atoms with Crippen LogP contribution < -0.4 is 5.32 Å². The standard InChI is InChI=1S/C18H31N3O/c22-17(16-14-18(16)6-8-19-9-7-18)21-12-4-15(5-13-21)20-10-2-1-3-11-20/h15-16,19H,1-14H2. The van der Waals surface area contributed by atoms with Crippen molar-refractivity contribution in [3.05, 3.63) is 0 Å². The van der Waals surface area contributed by atoms with Crippen molar-refractivity contribution in [1.29, 1.82) is 0 Å². The van der Waals surface area contributed by atoms with Gasteiger partial charge in [0, 0.05) is 25.0 Å². The molecule has 0 aromatic heterocycles. The minimum Gasteiger partial charge on any atom is -0.342 e. The maximum atomic E-state index is 12.8. The van der Waals surface area contributed by atoms with Gasteiger partial charge in [-0.2, -0.15) is 0 Å². The lowest BCUT2D eigenvalue weighted by Gasteiger charge is -2.40. The van der Waals surface area contributed by atoms with Crippen LogP contribution in [0, 0.1) is 11.3 Å². The molecule has 1 saturated carbocycles. The fourth-order valence-electron chi connectivity index (χ4n) is 5.13. The Bertz CT molecular complexity index is 405. The molecular formula is C18H31N3O. The third-order valence-electron chi connectivity index (χ3n) is 6.77. The van der Waals surface area contributed by atoms with E-state index in [1.807, 2.05) is 0 Å². The van der Waals surface area contributed by atoms with Crippen molar-refractivity contribution < 1.29 is 4.79 Å².